The van der Waals surface area contributed by atoms with Gasteiger partial charge in [-0.3, -0.25) is 4.57 Å². The van der Waals surface area contributed by atoms with E-state index < -0.39 is 22.9 Å². The molecule has 0 spiro atoms. The number of rotatable bonds is 8. The highest BCUT2D eigenvalue weighted by atomic mass is 32.2. The summed E-state index contributed by atoms with van der Waals surface area (Å²) in [4.78, 5) is 19.0. The fourth-order valence-electron chi connectivity index (χ4n) is 4.02. The van der Waals surface area contributed by atoms with E-state index in [2.05, 4.69) is 84.8 Å². The molecule has 3 atom stereocenters. The fraction of sp³-hybridized carbons (Fsp3) is 0.655. The minimum absolute atomic E-state index is 0.0678. The van der Waals surface area contributed by atoms with Crippen LogP contribution >= 0.6 is 11.8 Å². The average Bonchev–Trinajstić information content (AvgIpc) is 3.19. The molecule has 38 heavy (non-hydrogen) atoms. The monoisotopic (exact) mass is 576 g/mol. The fourth-order valence-corrected chi connectivity index (χ4v) is 6.80. The third-order valence-corrected chi connectivity index (χ3v) is 18.4. The van der Waals surface area contributed by atoms with Crippen molar-refractivity contribution < 1.29 is 13.6 Å². The molecule has 1 aliphatic rings. The largest absolute Gasteiger partial charge is 0.414 e. The predicted octanol–water partition coefficient (Wildman–Crippen LogP) is 7.64. The Bertz CT molecular complexity index is 1170. The second kappa shape index (κ2) is 11.3. The molecule has 6 nitrogen and oxygen atoms in total. The number of nitrogens with zero attached hydrogens (tertiary/aromatic N) is 2. The summed E-state index contributed by atoms with van der Waals surface area (Å²) in [5, 5.41) is 0.168. The Balaban J connectivity index is 1.90. The average molecular weight is 577 g/mol. The van der Waals surface area contributed by atoms with Crippen molar-refractivity contribution in [2.24, 2.45) is 0 Å². The Morgan fingerprint density at radius 3 is 2.13 bits per heavy atom. The summed E-state index contributed by atoms with van der Waals surface area (Å²) in [5.74, 6) is 0. The lowest BCUT2D eigenvalue weighted by Crippen LogP contribution is -2.48. The van der Waals surface area contributed by atoms with Gasteiger partial charge in [0.05, 0.1) is 18.4 Å². The maximum atomic E-state index is 13.3. The smallest absolute Gasteiger partial charge is 0.350 e. The van der Waals surface area contributed by atoms with E-state index in [0.29, 0.717) is 18.7 Å². The molecule has 0 bridgehead atoms. The van der Waals surface area contributed by atoms with E-state index >= 15 is 0 Å². The SMILES string of the molecule is CSc1ccc(-c2nc(=O)n([C@H]3C[C@H](O[Si](C)(C)C(C)(C)C)[C@@H](CO[Si](C)(C)C(C)(C)C)O3)cc2C)cc1. The van der Waals surface area contributed by atoms with E-state index in [9.17, 15) is 4.79 Å². The Labute approximate surface area is 236 Å². The van der Waals surface area contributed by atoms with Crippen molar-refractivity contribution in [3.8, 4) is 11.3 Å². The van der Waals surface area contributed by atoms with Crippen LogP contribution < -0.4 is 5.69 Å². The van der Waals surface area contributed by atoms with Crippen molar-refractivity contribution in [1.82, 2.24) is 9.55 Å². The zero-order chi connectivity index (χ0) is 28.7. The van der Waals surface area contributed by atoms with Gasteiger partial charge in [0, 0.05) is 23.1 Å². The highest BCUT2D eigenvalue weighted by molar-refractivity contribution is 7.98. The third-order valence-electron chi connectivity index (χ3n) is 8.66. The number of hydrogen-bond donors (Lipinski definition) is 0. The van der Waals surface area contributed by atoms with Crippen LogP contribution in [-0.4, -0.2) is 51.3 Å². The minimum Gasteiger partial charge on any atom is -0.414 e. The van der Waals surface area contributed by atoms with Crippen molar-refractivity contribution in [2.75, 3.05) is 12.9 Å². The molecule has 3 rings (SSSR count). The molecule has 1 aromatic carbocycles. The van der Waals surface area contributed by atoms with Gasteiger partial charge >= 0.3 is 5.69 Å². The van der Waals surface area contributed by atoms with Crippen LogP contribution in [0, 0.1) is 6.92 Å². The van der Waals surface area contributed by atoms with Crippen molar-refractivity contribution in [2.45, 2.75) is 114 Å². The molecule has 1 saturated heterocycles. The highest BCUT2D eigenvalue weighted by Crippen LogP contribution is 2.42. The van der Waals surface area contributed by atoms with Gasteiger partial charge in [0.25, 0.3) is 0 Å². The van der Waals surface area contributed by atoms with Crippen molar-refractivity contribution in [3.05, 3.63) is 46.5 Å². The molecular formula is C29H48N2O4SSi2. The van der Waals surface area contributed by atoms with Gasteiger partial charge in [-0.1, -0.05) is 53.7 Å². The van der Waals surface area contributed by atoms with E-state index in [1.54, 1.807) is 16.3 Å². The van der Waals surface area contributed by atoms with E-state index in [1.165, 1.54) is 4.90 Å². The molecule has 9 heteroatoms. The van der Waals surface area contributed by atoms with E-state index in [1.807, 2.05) is 31.5 Å². The van der Waals surface area contributed by atoms with Gasteiger partial charge in [-0.25, -0.2) is 4.79 Å². The number of thioether (sulfide) groups is 1. The van der Waals surface area contributed by atoms with Crippen molar-refractivity contribution in [3.63, 3.8) is 0 Å². The van der Waals surface area contributed by atoms with Crippen LogP contribution in [0.25, 0.3) is 11.3 Å². The van der Waals surface area contributed by atoms with Crippen LogP contribution in [0.15, 0.2) is 40.2 Å². The summed E-state index contributed by atoms with van der Waals surface area (Å²) < 4.78 is 21.7. The van der Waals surface area contributed by atoms with Gasteiger partial charge in [-0.05, 0) is 67.1 Å². The number of aryl methyl sites for hydroxylation is 1. The van der Waals surface area contributed by atoms with Crippen LogP contribution in [-0.2, 0) is 13.6 Å². The first kappa shape index (κ1) is 31.3. The Hall–Kier alpha value is -1.24. The molecule has 2 aromatic rings. The maximum Gasteiger partial charge on any atom is 0.350 e. The van der Waals surface area contributed by atoms with Crippen LogP contribution in [0.3, 0.4) is 0 Å². The van der Waals surface area contributed by atoms with Gasteiger partial charge in [-0.15, -0.1) is 11.8 Å². The second-order valence-electron chi connectivity index (χ2n) is 13.5. The Morgan fingerprint density at radius 2 is 1.61 bits per heavy atom. The third kappa shape index (κ3) is 6.90. The quantitative estimate of drug-likeness (QED) is 0.238. The first-order chi connectivity index (χ1) is 17.4. The molecule has 2 heterocycles. The van der Waals surface area contributed by atoms with Gasteiger partial charge < -0.3 is 13.6 Å². The standard InChI is InChI=1S/C29H48N2O4SSi2/c1-20-18-31(27(32)30-26(20)21-13-15-22(36-8)16-14-21)25-17-23(35-38(11,12)29(5,6)7)24(34-25)19-33-37(9,10)28(2,3)4/h13-16,18,23-25H,17,19H2,1-12H3/t23-,24+,25+/m0/s1. The molecule has 0 unspecified atom stereocenters. The van der Waals surface area contributed by atoms with Crippen molar-refractivity contribution in [1.29, 1.82) is 0 Å². The predicted molar refractivity (Wildman–Crippen MR) is 164 cm³/mol. The molecule has 212 valence electrons. The summed E-state index contributed by atoms with van der Waals surface area (Å²) in [6.07, 6.45) is 3.71. The van der Waals surface area contributed by atoms with E-state index in [0.717, 1.165) is 11.1 Å². The summed E-state index contributed by atoms with van der Waals surface area (Å²) in [6, 6.07) is 8.16. The number of hydrogen-bond acceptors (Lipinski definition) is 6. The van der Waals surface area contributed by atoms with Crippen LogP contribution in [0.4, 0.5) is 0 Å². The zero-order valence-electron chi connectivity index (χ0n) is 25.5. The summed E-state index contributed by atoms with van der Waals surface area (Å²) in [7, 11) is -4.05. The normalized spacial score (nSPS) is 21.2. The van der Waals surface area contributed by atoms with E-state index in [-0.39, 0.29) is 28.0 Å². The molecule has 1 aromatic heterocycles. The van der Waals surface area contributed by atoms with E-state index in [4.69, 9.17) is 13.6 Å². The number of benzene rings is 1. The Kier molecular flexibility index (Phi) is 9.33. The maximum absolute atomic E-state index is 13.3. The van der Waals surface area contributed by atoms with Gasteiger partial charge in [0.2, 0.25) is 0 Å². The van der Waals surface area contributed by atoms with Gasteiger partial charge in [-0.2, -0.15) is 4.98 Å². The molecule has 0 aliphatic carbocycles. The Morgan fingerprint density at radius 1 is 1.03 bits per heavy atom. The minimum atomic E-state index is -2.07. The molecular weight excluding hydrogens is 529 g/mol. The molecule has 1 aliphatic heterocycles. The zero-order valence-corrected chi connectivity index (χ0v) is 28.3. The summed E-state index contributed by atoms with van der Waals surface area (Å²) >= 11 is 1.69. The molecule has 0 amide bonds. The highest BCUT2D eigenvalue weighted by Gasteiger charge is 2.46. The summed E-state index contributed by atoms with van der Waals surface area (Å²) in [6.45, 7) is 25.0. The summed E-state index contributed by atoms with van der Waals surface area (Å²) in [5.41, 5.74) is 2.29. The topological polar surface area (TPSA) is 62.6 Å². The lowest BCUT2D eigenvalue weighted by atomic mass is 10.1. The van der Waals surface area contributed by atoms with Crippen LogP contribution in [0.2, 0.25) is 36.3 Å². The first-order valence-corrected chi connectivity index (χ1v) is 20.6. The number of aromatic nitrogens is 2. The first-order valence-electron chi connectivity index (χ1n) is 13.6. The molecule has 0 N–H and O–H groups in total. The lowest BCUT2D eigenvalue weighted by Gasteiger charge is -2.40. The second-order valence-corrected chi connectivity index (χ2v) is 24.0. The van der Waals surface area contributed by atoms with Crippen LogP contribution in [0.1, 0.15) is 59.8 Å². The molecule has 0 radical (unpaired) electrons. The molecule has 1 fully saturated rings. The van der Waals surface area contributed by atoms with Gasteiger partial charge in [0.1, 0.15) is 12.3 Å². The van der Waals surface area contributed by atoms with Gasteiger partial charge in [0.15, 0.2) is 16.6 Å². The number of ether oxygens (including phenoxy) is 1. The lowest BCUT2D eigenvalue weighted by molar-refractivity contribution is -0.0412. The van der Waals surface area contributed by atoms with Crippen LogP contribution in [0.5, 0.6) is 0 Å². The van der Waals surface area contributed by atoms with Crippen molar-refractivity contribution >= 4 is 28.4 Å². The molecule has 0 saturated carbocycles.